The number of nitrogens with zero attached hydrogens (tertiary/aromatic N) is 3. The molecule has 0 bridgehead atoms. The monoisotopic (exact) mass is 349 g/mol. The lowest BCUT2D eigenvalue weighted by atomic mass is 10.1. The first kappa shape index (κ1) is 17.2. The standard InChI is InChI=1S/C20H23N3OSi/c1-15-21-18(14-23(15)2)20(16-10-6-5-7-11-16)22-17-12-8-9-13-19(17)24-25(3)4/h5-14,25H,1-4H3. The summed E-state index contributed by atoms with van der Waals surface area (Å²) in [4.78, 5) is 9.62. The van der Waals surface area contributed by atoms with Crippen molar-refractivity contribution in [1.82, 2.24) is 9.55 Å². The third-order valence-electron chi connectivity index (χ3n) is 3.86. The first-order chi connectivity index (χ1) is 12.0. The summed E-state index contributed by atoms with van der Waals surface area (Å²) in [6, 6.07) is 18.1. The van der Waals surface area contributed by atoms with Gasteiger partial charge in [0.05, 0.1) is 5.71 Å². The molecule has 5 heteroatoms. The highest BCUT2D eigenvalue weighted by atomic mass is 28.3. The van der Waals surface area contributed by atoms with Gasteiger partial charge in [-0.15, -0.1) is 0 Å². The molecule has 1 aromatic heterocycles. The highest BCUT2D eigenvalue weighted by Crippen LogP contribution is 2.29. The molecule has 2 aromatic carbocycles. The molecular formula is C20H23N3OSi. The lowest BCUT2D eigenvalue weighted by Gasteiger charge is -2.12. The van der Waals surface area contributed by atoms with Crippen LogP contribution in [0.25, 0.3) is 0 Å². The smallest absolute Gasteiger partial charge is 0.229 e. The Labute approximate surface area is 150 Å². The molecule has 0 saturated carbocycles. The molecule has 25 heavy (non-hydrogen) atoms. The van der Waals surface area contributed by atoms with Crippen molar-refractivity contribution in [2.24, 2.45) is 12.0 Å². The molecule has 1 heterocycles. The summed E-state index contributed by atoms with van der Waals surface area (Å²) in [7, 11) is 0.785. The third-order valence-corrected chi connectivity index (χ3v) is 4.58. The van der Waals surface area contributed by atoms with E-state index in [0.29, 0.717) is 0 Å². The van der Waals surface area contributed by atoms with Crippen LogP contribution in [0.2, 0.25) is 13.1 Å². The Morgan fingerprint density at radius 3 is 2.36 bits per heavy atom. The van der Waals surface area contributed by atoms with Crippen molar-refractivity contribution in [1.29, 1.82) is 0 Å². The van der Waals surface area contributed by atoms with Crippen LogP contribution >= 0.6 is 0 Å². The summed E-state index contributed by atoms with van der Waals surface area (Å²) in [6.45, 7) is 6.30. The highest BCUT2D eigenvalue weighted by molar-refractivity contribution is 6.49. The van der Waals surface area contributed by atoms with E-state index in [1.54, 1.807) is 0 Å². The van der Waals surface area contributed by atoms with Gasteiger partial charge in [0.15, 0.2) is 0 Å². The van der Waals surface area contributed by atoms with Gasteiger partial charge >= 0.3 is 0 Å². The van der Waals surface area contributed by atoms with Crippen molar-refractivity contribution in [2.75, 3.05) is 0 Å². The first-order valence-electron chi connectivity index (χ1n) is 8.44. The molecule has 0 aliphatic heterocycles. The van der Waals surface area contributed by atoms with Crippen LogP contribution in [0.4, 0.5) is 5.69 Å². The van der Waals surface area contributed by atoms with Crippen molar-refractivity contribution in [3.05, 3.63) is 77.9 Å². The van der Waals surface area contributed by atoms with Crippen LogP contribution < -0.4 is 4.43 Å². The minimum atomic E-state index is -1.21. The van der Waals surface area contributed by atoms with E-state index in [1.807, 2.05) is 67.2 Å². The lowest BCUT2D eigenvalue weighted by molar-refractivity contribution is 0.582. The van der Waals surface area contributed by atoms with E-state index in [2.05, 4.69) is 30.2 Å². The third kappa shape index (κ3) is 4.06. The topological polar surface area (TPSA) is 39.4 Å². The number of benzene rings is 2. The van der Waals surface area contributed by atoms with E-state index >= 15 is 0 Å². The lowest BCUT2D eigenvalue weighted by Crippen LogP contribution is -2.11. The fourth-order valence-corrected chi connectivity index (χ4v) is 3.27. The quantitative estimate of drug-likeness (QED) is 0.510. The SMILES string of the molecule is Cc1nc(C(=Nc2ccccc2O[SiH](C)C)c2ccccc2)cn1C. The number of aryl methyl sites for hydroxylation is 2. The summed E-state index contributed by atoms with van der Waals surface area (Å²) in [5.41, 5.74) is 3.59. The minimum absolute atomic E-state index is 0.838. The van der Waals surface area contributed by atoms with E-state index in [1.165, 1.54) is 0 Å². The Morgan fingerprint density at radius 2 is 1.72 bits per heavy atom. The van der Waals surface area contributed by atoms with Crippen LogP contribution in [-0.4, -0.2) is 24.3 Å². The fraction of sp³-hybridized carbons (Fsp3) is 0.200. The molecule has 3 aromatic rings. The molecule has 4 nitrogen and oxygen atoms in total. The number of aromatic nitrogens is 2. The maximum atomic E-state index is 6.05. The van der Waals surface area contributed by atoms with Crippen LogP contribution in [0.3, 0.4) is 0 Å². The molecule has 0 amide bonds. The number of para-hydroxylation sites is 2. The van der Waals surface area contributed by atoms with E-state index in [9.17, 15) is 0 Å². The van der Waals surface area contributed by atoms with Crippen molar-refractivity contribution in [3.63, 3.8) is 0 Å². The first-order valence-corrected chi connectivity index (χ1v) is 11.2. The molecule has 0 saturated heterocycles. The Hall–Kier alpha value is -2.66. The van der Waals surface area contributed by atoms with Crippen molar-refractivity contribution in [3.8, 4) is 5.75 Å². The summed E-state index contributed by atoms with van der Waals surface area (Å²) in [5, 5.41) is 0. The Morgan fingerprint density at radius 1 is 1.04 bits per heavy atom. The normalized spacial score (nSPS) is 11.8. The Bertz CT molecular complexity index is 865. The molecule has 3 rings (SSSR count). The second-order valence-corrected chi connectivity index (χ2v) is 8.58. The summed E-state index contributed by atoms with van der Waals surface area (Å²) < 4.78 is 8.06. The average Bonchev–Trinajstić information content (AvgIpc) is 2.93. The van der Waals surface area contributed by atoms with E-state index in [-0.39, 0.29) is 0 Å². The molecule has 128 valence electrons. The van der Waals surface area contributed by atoms with Crippen molar-refractivity contribution in [2.45, 2.75) is 20.0 Å². The summed E-state index contributed by atoms with van der Waals surface area (Å²) in [5.74, 6) is 1.79. The Balaban J connectivity index is 2.14. The molecule has 0 radical (unpaired) electrons. The molecule has 0 fully saturated rings. The molecule has 0 atom stereocenters. The maximum Gasteiger partial charge on any atom is 0.229 e. The number of hydrogen-bond donors (Lipinski definition) is 0. The van der Waals surface area contributed by atoms with Crippen molar-refractivity contribution >= 4 is 20.4 Å². The fourth-order valence-electron chi connectivity index (χ4n) is 2.56. The zero-order valence-corrected chi connectivity index (χ0v) is 16.3. The van der Waals surface area contributed by atoms with Crippen LogP contribution in [-0.2, 0) is 7.05 Å². The van der Waals surface area contributed by atoms with Gasteiger partial charge in [-0.3, -0.25) is 0 Å². The maximum absolute atomic E-state index is 6.05. The van der Waals surface area contributed by atoms with E-state index in [0.717, 1.165) is 34.2 Å². The molecule has 0 unspecified atom stereocenters. The second kappa shape index (κ2) is 7.48. The zero-order valence-electron chi connectivity index (χ0n) is 15.1. The molecular weight excluding hydrogens is 326 g/mol. The molecule has 0 spiro atoms. The van der Waals surface area contributed by atoms with E-state index in [4.69, 9.17) is 9.42 Å². The van der Waals surface area contributed by atoms with Gasteiger partial charge in [0.2, 0.25) is 9.04 Å². The van der Waals surface area contributed by atoms with Gasteiger partial charge in [0.1, 0.15) is 23.0 Å². The van der Waals surface area contributed by atoms with Gasteiger partial charge in [-0.2, -0.15) is 0 Å². The summed E-state index contributed by atoms with van der Waals surface area (Å²) in [6.07, 6.45) is 2.02. The van der Waals surface area contributed by atoms with E-state index < -0.39 is 9.04 Å². The van der Waals surface area contributed by atoms with Crippen LogP contribution in [0.15, 0.2) is 65.8 Å². The van der Waals surface area contributed by atoms with Crippen LogP contribution in [0.5, 0.6) is 5.75 Å². The van der Waals surface area contributed by atoms with Crippen molar-refractivity contribution < 1.29 is 4.43 Å². The van der Waals surface area contributed by atoms with Crippen LogP contribution in [0, 0.1) is 6.92 Å². The molecule has 0 aliphatic rings. The number of rotatable bonds is 5. The van der Waals surface area contributed by atoms with Gasteiger partial charge in [-0.1, -0.05) is 42.5 Å². The van der Waals surface area contributed by atoms with Crippen LogP contribution in [0.1, 0.15) is 17.1 Å². The Kier molecular flexibility index (Phi) is 5.14. The van der Waals surface area contributed by atoms with Gasteiger partial charge in [-0.05, 0) is 32.2 Å². The highest BCUT2D eigenvalue weighted by Gasteiger charge is 2.13. The number of aliphatic imine (C=N–C) groups is 1. The minimum Gasteiger partial charge on any atom is -0.546 e. The number of hydrogen-bond acceptors (Lipinski definition) is 3. The van der Waals surface area contributed by atoms with Gasteiger partial charge in [-0.25, -0.2) is 9.98 Å². The predicted molar refractivity (Wildman–Crippen MR) is 106 cm³/mol. The number of imidazole rings is 1. The van der Waals surface area contributed by atoms with Gasteiger partial charge in [0, 0.05) is 18.8 Å². The summed E-state index contributed by atoms with van der Waals surface area (Å²) >= 11 is 0. The van der Waals surface area contributed by atoms with Gasteiger partial charge < -0.3 is 8.99 Å². The molecule has 0 aliphatic carbocycles. The predicted octanol–water partition coefficient (Wildman–Crippen LogP) is 4.26. The second-order valence-electron chi connectivity index (χ2n) is 6.25. The molecule has 0 N–H and O–H groups in total. The average molecular weight is 350 g/mol. The van der Waals surface area contributed by atoms with Gasteiger partial charge in [0.25, 0.3) is 0 Å². The zero-order chi connectivity index (χ0) is 17.8. The largest absolute Gasteiger partial charge is 0.546 e.